The summed E-state index contributed by atoms with van der Waals surface area (Å²) >= 11 is 6.19. The van der Waals surface area contributed by atoms with E-state index < -0.39 is 0 Å². The third-order valence-corrected chi connectivity index (χ3v) is 5.37. The summed E-state index contributed by atoms with van der Waals surface area (Å²) in [5, 5.41) is 3.59. The van der Waals surface area contributed by atoms with Gasteiger partial charge in [-0.2, -0.15) is 0 Å². The predicted molar refractivity (Wildman–Crippen MR) is 124 cm³/mol. The minimum Gasteiger partial charge on any atom is -0.490 e. The van der Waals surface area contributed by atoms with Crippen LogP contribution in [0, 0.1) is 6.92 Å². The third kappa shape index (κ3) is 5.06. The molecule has 0 saturated heterocycles. The van der Waals surface area contributed by atoms with Gasteiger partial charge in [0.2, 0.25) is 0 Å². The summed E-state index contributed by atoms with van der Waals surface area (Å²) in [4.78, 5) is 17.2. The summed E-state index contributed by atoms with van der Waals surface area (Å²) in [7, 11) is 0. The molecule has 0 aliphatic rings. The minimum absolute atomic E-state index is 0.0755. The van der Waals surface area contributed by atoms with E-state index in [0.29, 0.717) is 42.5 Å². The molecule has 4 aromatic rings. The topological polar surface area (TPSA) is 56.2 Å². The third-order valence-electron chi connectivity index (χ3n) is 5.06. The molecule has 31 heavy (non-hydrogen) atoms. The Hall–Kier alpha value is -3.31. The molecule has 6 heteroatoms. The maximum Gasteiger partial charge on any atom is 0.251 e. The van der Waals surface area contributed by atoms with Crippen LogP contribution in [0.2, 0.25) is 5.02 Å². The monoisotopic (exact) mass is 433 g/mol. The van der Waals surface area contributed by atoms with Crippen molar-refractivity contribution in [1.29, 1.82) is 0 Å². The first-order valence-corrected chi connectivity index (χ1v) is 10.7. The number of ether oxygens (including phenoxy) is 1. The standard InChI is InChI=1S/C25H24ClN3O2/c1-18-7-6-8-19(17-18)25(30)27-14-13-24-28-21-10-3-4-11-22(21)29(24)15-16-31-23-12-5-2-9-20(23)26/h2-12,17H,13-16H2,1H3,(H,27,30). The van der Waals surface area contributed by atoms with Gasteiger partial charge < -0.3 is 14.6 Å². The van der Waals surface area contributed by atoms with E-state index in [1.54, 1.807) is 0 Å². The maximum atomic E-state index is 12.4. The van der Waals surface area contributed by atoms with Crippen LogP contribution in [0.25, 0.3) is 11.0 Å². The van der Waals surface area contributed by atoms with Crippen molar-refractivity contribution < 1.29 is 9.53 Å². The number of para-hydroxylation sites is 3. The number of halogens is 1. The first kappa shape index (κ1) is 20.9. The number of fused-ring (bicyclic) bond motifs is 1. The Bertz CT molecular complexity index is 1200. The fourth-order valence-electron chi connectivity index (χ4n) is 3.55. The molecular formula is C25H24ClN3O2. The number of aryl methyl sites for hydroxylation is 1. The molecule has 0 saturated carbocycles. The van der Waals surface area contributed by atoms with Gasteiger partial charge in [-0.3, -0.25) is 4.79 Å². The van der Waals surface area contributed by atoms with Crippen LogP contribution in [0.3, 0.4) is 0 Å². The summed E-state index contributed by atoms with van der Waals surface area (Å²) in [5.74, 6) is 1.50. The number of nitrogens with zero attached hydrogens (tertiary/aromatic N) is 2. The molecule has 0 aliphatic heterocycles. The van der Waals surface area contributed by atoms with Gasteiger partial charge in [0.25, 0.3) is 5.91 Å². The highest BCUT2D eigenvalue weighted by Crippen LogP contribution is 2.23. The largest absolute Gasteiger partial charge is 0.490 e. The second-order valence-corrected chi connectivity index (χ2v) is 7.73. The Kier molecular flexibility index (Phi) is 6.53. The fourth-order valence-corrected chi connectivity index (χ4v) is 3.74. The molecular weight excluding hydrogens is 410 g/mol. The van der Waals surface area contributed by atoms with Gasteiger partial charge in [-0.1, -0.05) is 53.6 Å². The minimum atomic E-state index is -0.0755. The summed E-state index contributed by atoms with van der Waals surface area (Å²) in [5.41, 5.74) is 3.71. The first-order chi connectivity index (χ1) is 15.1. The smallest absolute Gasteiger partial charge is 0.251 e. The number of nitrogens with one attached hydrogen (secondary N) is 1. The molecule has 0 unspecified atom stereocenters. The predicted octanol–water partition coefficient (Wildman–Crippen LogP) is 5.05. The van der Waals surface area contributed by atoms with Crippen molar-refractivity contribution in [3.8, 4) is 5.75 Å². The second kappa shape index (κ2) is 9.67. The van der Waals surface area contributed by atoms with Crippen molar-refractivity contribution in [2.45, 2.75) is 19.9 Å². The number of amides is 1. The van der Waals surface area contributed by atoms with E-state index in [0.717, 1.165) is 22.4 Å². The highest BCUT2D eigenvalue weighted by molar-refractivity contribution is 6.32. The summed E-state index contributed by atoms with van der Waals surface area (Å²) in [6.45, 7) is 3.57. The van der Waals surface area contributed by atoms with E-state index >= 15 is 0 Å². The van der Waals surface area contributed by atoms with Crippen LogP contribution < -0.4 is 10.1 Å². The molecule has 0 fully saturated rings. The molecule has 3 aromatic carbocycles. The molecule has 158 valence electrons. The first-order valence-electron chi connectivity index (χ1n) is 10.3. The zero-order valence-electron chi connectivity index (χ0n) is 17.3. The number of imidazole rings is 1. The lowest BCUT2D eigenvalue weighted by Gasteiger charge is -2.12. The Morgan fingerprint density at radius 2 is 1.87 bits per heavy atom. The average Bonchev–Trinajstić information content (AvgIpc) is 3.12. The van der Waals surface area contributed by atoms with Gasteiger partial charge in [0.15, 0.2) is 0 Å². The van der Waals surface area contributed by atoms with Crippen molar-refractivity contribution in [1.82, 2.24) is 14.9 Å². The number of rotatable bonds is 8. The van der Waals surface area contributed by atoms with E-state index in [-0.39, 0.29) is 5.91 Å². The number of aromatic nitrogens is 2. The van der Waals surface area contributed by atoms with E-state index in [4.69, 9.17) is 21.3 Å². The van der Waals surface area contributed by atoms with Gasteiger partial charge in [-0.05, 0) is 43.3 Å². The van der Waals surface area contributed by atoms with Crippen LogP contribution >= 0.6 is 11.6 Å². The number of benzene rings is 3. The van der Waals surface area contributed by atoms with Crippen LogP contribution in [-0.4, -0.2) is 28.6 Å². The summed E-state index contributed by atoms with van der Waals surface area (Å²) in [6, 6.07) is 23.0. The van der Waals surface area contributed by atoms with Crippen LogP contribution in [0.15, 0.2) is 72.8 Å². The van der Waals surface area contributed by atoms with Gasteiger partial charge in [0, 0.05) is 18.5 Å². The van der Waals surface area contributed by atoms with Crippen molar-refractivity contribution in [2.75, 3.05) is 13.2 Å². The SMILES string of the molecule is Cc1cccc(C(=O)NCCc2nc3ccccc3n2CCOc2ccccc2Cl)c1. The lowest BCUT2D eigenvalue weighted by Crippen LogP contribution is -2.26. The van der Waals surface area contributed by atoms with Gasteiger partial charge in [-0.25, -0.2) is 4.98 Å². The van der Waals surface area contributed by atoms with Crippen molar-refractivity contribution in [3.63, 3.8) is 0 Å². The Morgan fingerprint density at radius 3 is 2.71 bits per heavy atom. The van der Waals surface area contributed by atoms with E-state index in [1.807, 2.05) is 79.7 Å². The summed E-state index contributed by atoms with van der Waals surface area (Å²) in [6.07, 6.45) is 0.623. The Balaban J connectivity index is 1.43. The molecule has 0 spiro atoms. The maximum absolute atomic E-state index is 12.4. The molecule has 1 amide bonds. The normalized spacial score (nSPS) is 10.9. The number of carbonyl (C=O) groups excluding carboxylic acids is 1. The molecule has 0 atom stereocenters. The Labute approximate surface area is 186 Å². The van der Waals surface area contributed by atoms with Gasteiger partial charge in [-0.15, -0.1) is 0 Å². The van der Waals surface area contributed by atoms with Crippen molar-refractivity contribution in [2.24, 2.45) is 0 Å². The Morgan fingerprint density at radius 1 is 1.06 bits per heavy atom. The van der Waals surface area contributed by atoms with Gasteiger partial charge in [0.1, 0.15) is 18.2 Å². The molecule has 0 radical (unpaired) electrons. The van der Waals surface area contributed by atoms with E-state index in [2.05, 4.69) is 9.88 Å². The molecule has 4 rings (SSSR count). The molecule has 1 heterocycles. The number of hydrogen-bond donors (Lipinski definition) is 1. The van der Waals surface area contributed by atoms with E-state index in [1.165, 1.54) is 0 Å². The zero-order chi connectivity index (χ0) is 21.6. The number of carbonyl (C=O) groups is 1. The lowest BCUT2D eigenvalue weighted by atomic mass is 10.1. The van der Waals surface area contributed by atoms with Crippen LogP contribution in [0.5, 0.6) is 5.75 Å². The van der Waals surface area contributed by atoms with Gasteiger partial charge >= 0.3 is 0 Å². The lowest BCUT2D eigenvalue weighted by molar-refractivity contribution is 0.0953. The molecule has 5 nitrogen and oxygen atoms in total. The van der Waals surface area contributed by atoms with Gasteiger partial charge in [0.05, 0.1) is 22.6 Å². The fraction of sp³-hybridized carbons (Fsp3) is 0.200. The summed E-state index contributed by atoms with van der Waals surface area (Å²) < 4.78 is 8.02. The van der Waals surface area contributed by atoms with E-state index in [9.17, 15) is 4.79 Å². The average molecular weight is 434 g/mol. The van der Waals surface area contributed by atoms with Crippen molar-refractivity contribution in [3.05, 3.63) is 94.8 Å². The molecule has 0 bridgehead atoms. The molecule has 0 aliphatic carbocycles. The van der Waals surface area contributed by atoms with Crippen molar-refractivity contribution >= 4 is 28.5 Å². The second-order valence-electron chi connectivity index (χ2n) is 7.32. The van der Waals surface area contributed by atoms with Crippen LogP contribution in [-0.2, 0) is 13.0 Å². The highest BCUT2D eigenvalue weighted by atomic mass is 35.5. The zero-order valence-corrected chi connectivity index (χ0v) is 18.1. The molecule has 1 N–H and O–H groups in total. The quantitative estimate of drug-likeness (QED) is 0.423. The molecule has 1 aromatic heterocycles. The van der Waals surface area contributed by atoms with Crippen LogP contribution in [0.1, 0.15) is 21.7 Å². The number of hydrogen-bond acceptors (Lipinski definition) is 3. The van der Waals surface area contributed by atoms with Crippen LogP contribution in [0.4, 0.5) is 0 Å². The highest BCUT2D eigenvalue weighted by Gasteiger charge is 2.12.